The molecule has 0 saturated heterocycles. The highest BCUT2D eigenvalue weighted by Crippen LogP contribution is 2.26. The van der Waals surface area contributed by atoms with Crippen molar-refractivity contribution in [3.05, 3.63) is 68.2 Å². The molecule has 0 spiro atoms. The van der Waals surface area contributed by atoms with Crippen molar-refractivity contribution < 1.29 is 9.76 Å². The molecule has 0 aliphatic carbocycles. The van der Waals surface area contributed by atoms with Gasteiger partial charge in [0.2, 0.25) is 0 Å². The maximum absolute atomic E-state index is 10.7. The summed E-state index contributed by atoms with van der Waals surface area (Å²) in [5.74, 6) is 0. The van der Waals surface area contributed by atoms with Gasteiger partial charge >= 0.3 is 0 Å². The second-order valence-corrected chi connectivity index (χ2v) is 6.17. The van der Waals surface area contributed by atoms with Gasteiger partial charge in [-0.25, -0.2) is 0 Å². The Hall–Kier alpha value is -2.41. The molecule has 7 heteroatoms. The Morgan fingerprint density at radius 3 is 2.64 bits per heavy atom. The zero-order valence-electron chi connectivity index (χ0n) is 14.2. The van der Waals surface area contributed by atoms with E-state index < -0.39 is 4.92 Å². The minimum absolute atomic E-state index is 0.0426. The van der Waals surface area contributed by atoms with Crippen molar-refractivity contribution in [1.29, 1.82) is 0 Å². The molecule has 0 saturated carbocycles. The molecule has 0 radical (unpaired) electrons. The summed E-state index contributed by atoms with van der Waals surface area (Å²) >= 11 is 3.59. The summed E-state index contributed by atoms with van der Waals surface area (Å²) in [6.45, 7) is 6.29. The Balaban J connectivity index is 1.97. The summed E-state index contributed by atoms with van der Waals surface area (Å²) in [5, 5.41) is 14.7. The number of hydrogen-bond acceptors (Lipinski definition) is 5. The monoisotopic (exact) mass is 405 g/mol. The molecular formula is C18H20BrN3O3. The molecule has 0 bridgehead atoms. The predicted molar refractivity (Wildman–Crippen MR) is 103 cm³/mol. The third kappa shape index (κ3) is 5.29. The number of rotatable bonds is 8. The van der Waals surface area contributed by atoms with Crippen LogP contribution in [-0.4, -0.2) is 24.2 Å². The van der Waals surface area contributed by atoms with Crippen LogP contribution < -0.4 is 4.90 Å². The van der Waals surface area contributed by atoms with Crippen molar-refractivity contribution in [1.82, 2.24) is 0 Å². The molecular weight excluding hydrogens is 386 g/mol. The van der Waals surface area contributed by atoms with Crippen LogP contribution in [0.25, 0.3) is 0 Å². The molecule has 0 amide bonds. The van der Waals surface area contributed by atoms with Gasteiger partial charge in [0.1, 0.15) is 6.61 Å². The van der Waals surface area contributed by atoms with Gasteiger partial charge < -0.3 is 9.74 Å². The molecule has 0 unspecified atom stereocenters. The van der Waals surface area contributed by atoms with Gasteiger partial charge in [-0.2, -0.15) is 0 Å². The van der Waals surface area contributed by atoms with E-state index in [0.717, 1.165) is 28.8 Å². The van der Waals surface area contributed by atoms with Crippen LogP contribution in [0, 0.1) is 10.1 Å². The Kier molecular flexibility index (Phi) is 6.94. The van der Waals surface area contributed by atoms with Crippen LogP contribution in [0.5, 0.6) is 0 Å². The van der Waals surface area contributed by atoms with E-state index in [2.05, 4.69) is 39.8 Å². The van der Waals surface area contributed by atoms with Crippen LogP contribution in [0.15, 0.2) is 52.1 Å². The van der Waals surface area contributed by atoms with E-state index in [1.54, 1.807) is 18.3 Å². The first kappa shape index (κ1) is 18.9. The van der Waals surface area contributed by atoms with Crippen molar-refractivity contribution in [3.63, 3.8) is 0 Å². The fourth-order valence-electron chi connectivity index (χ4n) is 2.39. The molecule has 0 N–H and O–H groups in total. The van der Waals surface area contributed by atoms with Gasteiger partial charge in [0.25, 0.3) is 5.69 Å². The van der Waals surface area contributed by atoms with E-state index in [1.807, 2.05) is 18.2 Å². The molecule has 0 aliphatic heterocycles. The topological polar surface area (TPSA) is 68.0 Å². The lowest BCUT2D eigenvalue weighted by atomic mass is 10.2. The number of oxime groups is 1. The molecule has 25 heavy (non-hydrogen) atoms. The highest BCUT2D eigenvalue weighted by Gasteiger charge is 2.07. The molecule has 0 atom stereocenters. The number of hydrogen-bond donors (Lipinski definition) is 0. The fourth-order valence-corrected chi connectivity index (χ4v) is 3.04. The van der Waals surface area contributed by atoms with E-state index in [4.69, 9.17) is 4.84 Å². The standard InChI is InChI=1S/C18H20BrN3O3/c1-3-21(4-2)18-9-8-14(11-17(18)19)12-20-25-13-15-6-5-7-16(10-15)22(23)24/h5-12H,3-4,13H2,1-2H3/b20-12-. The molecule has 132 valence electrons. The van der Waals surface area contributed by atoms with Crippen LogP contribution >= 0.6 is 15.9 Å². The Morgan fingerprint density at radius 1 is 1.24 bits per heavy atom. The van der Waals surface area contributed by atoms with Gasteiger partial charge in [-0.15, -0.1) is 0 Å². The Bertz CT molecular complexity index is 761. The van der Waals surface area contributed by atoms with Gasteiger partial charge in [0.15, 0.2) is 0 Å². The highest BCUT2D eigenvalue weighted by molar-refractivity contribution is 9.10. The van der Waals surface area contributed by atoms with Crippen LogP contribution in [0.1, 0.15) is 25.0 Å². The summed E-state index contributed by atoms with van der Waals surface area (Å²) in [4.78, 5) is 17.8. The SMILES string of the molecule is CCN(CC)c1ccc(/C=N\OCc2cccc([N+](=O)[O-])c2)cc1Br. The number of nitro groups is 1. The average molecular weight is 406 g/mol. The second-order valence-electron chi connectivity index (χ2n) is 5.32. The van der Waals surface area contributed by atoms with Crippen molar-refractivity contribution >= 4 is 33.5 Å². The normalized spacial score (nSPS) is 10.8. The number of nitrogens with zero attached hydrogens (tertiary/aromatic N) is 3. The molecule has 6 nitrogen and oxygen atoms in total. The third-order valence-corrected chi connectivity index (χ3v) is 4.34. The summed E-state index contributed by atoms with van der Waals surface area (Å²) in [7, 11) is 0. The summed E-state index contributed by atoms with van der Waals surface area (Å²) < 4.78 is 0.999. The van der Waals surface area contributed by atoms with Gasteiger partial charge in [0.05, 0.1) is 16.8 Å². The van der Waals surface area contributed by atoms with E-state index in [1.165, 1.54) is 12.1 Å². The highest BCUT2D eigenvalue weighted by atomic mass is 79.9. The third-order valence-electron chi connectivity index (χ3n) is 3.70. The first-order valence-corrected chi connectivity index (χ1v) is 8.77. The molecule has 2 aromatic rings. The largest absolute Gasteiger partial charge is 0.391 e. The van der Waals surface area contributed by atoms with Crippen LogP contribution in [0.2, 0.25) is 0 Å². The lowest BCUT2D eigenvalue weighted by Gasteiger charge is -2.22. The molecule has 0 aliphatic rings. The maximum Gasteiger partial charge on any atom is 0.269 e. The van der Waals surface area contributed by atoms with E-state index >= 15 is 0 Å². The van der Waals surface area contributed by atoms with Gasteiger partial charge in [-0.05, 0) is 53.0 Å². The van der Waals surface area contributed by atoms with Crippen LogP contribution in [0.3, 0.4) is 0 Å². The van der Waals surface area contributed by atoms with E-state index in [0.29, 0.717) is 5.56 Å². The lowest BCUT2D eigenvalue weighted by Crippen LogP contribution is -2.22. The Labute approximate surface area is 155 Å². The lowest BCUT2D eigenvalue weighted by molar-refractivity contribution is -0.384. The fraction of sp³-hybridized carbons (Fsp3) is 0.278. The van der Waals surface area contributed by atoms with Crippen molar-refractivity contribution in [3.8, 4) is 0 Å². The van der Waals surface area contributed by atoms with Gasteiger partial charge in [-0.3, -0.25) is 10.1 Å². The summed E-state index contributed by atoms with van der Waals surface area (Å²) in [6, 6.07) is 12.3. The maximum atomic E-state index is 10.7. The first-order chi connectivity index (χ1) is 12.0. The average Bonchev–Trinajstić information content (AvgIpc) is 2.61. The molecule has 0 heterocycles. The van der Waals surface area contributed by atoms with E-state index in [-0.39, 0.29) is 12.3 Å². The van der Waals surface area contributed by atoms with Crippen molar-refractivity contribution in [2.45, 2.75) is 20.5 Å². The van der Waals surface area contributed by atoms with Crippen LogP contribution in [0.4, 0.5) is 11.4 Å². The zero-order valence-corrected chi connectivity index (χ0v) is 15.8. The van der Waals surface area contributed by atoms with Gasteiger partial charge in [0, 0.05) is 29.7 Å². The number of anilines is 1. The molecule has 0 fully saturated rings. The predicted octanol–water partition coefficient (Wildman–Crippen LogP) is 4.75. The minimum Gasteiger partial charge on any atom is -0.391 e. The van der Waals surface area contributed by atoms with E-state index in [9.17, 15) is 10.1 Å². The molecule has 2 rings (SSSR count). The quantitative estimate of drug-likeness (QED) is 0.360. The smallest absolute Gasteiger partial charge is 0.269 e. The Morgan fingerprint density at radius 2 is 2.00 bits per heavy atom. The summed E-state index contributed by atoms with van der Waals surface area (Å²) in [5.41, 5.74) is 2.78. The molecule has 2 aromatic carbocycles. The molecule has 0 aromatic heterocycles. The zero-order chi connectivity index (χ0) is 18.2. The number of halogens is 1. The van der Waals surface area contributed by atoms with Crippen LogP contribution in [-0.2, 0) is 11.4 Å². The van der Waals surface area contributed by atoms with Crippen molar-refractivity contribution in [2.24, 2.45) is 5.16 Å². The number of benzene rings is 2. The number of non-ortho nitro benzene ring substituents is 1. The minimum atomic E-state index is -0.429. The van der Waals surface area contributed by atoms with Crippen molar-refractivity contribution in [2.75, 3.05) is 18.0 Å². The number of nitro benzene ring substituents is 1. The summed E-state index contributed by atoms with van der Waals surface area (Å²) in [6.07, 6.45) is 1.62. The van der Waals surface area contributed by atoms with Gasteiger partial charge in [-0.1, -0.05) is 23.4 Å². The second kappa shape index (κ2) is 9.17. The first-order valence-electron chi connectivity index (χ1n) is 7.98.